The van der Waals surface area contributed by atoms with E-state index in [4.69, 9.17) is 5.11 Å². The molecule has 0 saturated heterocycles. The van der Waals surface area contributed by atoms with E-state index in [1.165, 1.54) is 0 Å². The Hall–Kier alpha value is -0.870. The van der Waals surface area contributed by atoms with Crippen molar-refractivity contribution in [2.45, 2.75) is 13.0 Å². The van der Waals surface area contributed by atoms with Crippen molar-refractivity contribution in [1.82, 2.24) is 10.6 Å². The van der Waals surface area contributed by atoms with Crippen LogP contribution in [-0.4, -0.2) is 36.8 Å². The fourth-order valence-corrected chi connectivity index (χ4v) is 0.659. The summed E-state index contributed by atoms with van der Waals surface area (Å²) in [6, 6.07) is -0.178. The lowest BCUT2D eigenvalue weighted by atomic mass is 10.3. The van der Waals surface area contributed by atoms with Crippen LogP contribution < -0.4 is 10.6 Å². The maximum Gasteiger partial charge on any atom is 0.234 e. The molecule has 0 unspecified atom stereocenters. The third-order valence-electron chi connectivity index (χ3n) is 1.26. The second-order valence-electron chi connectivity index (χ2n) is 2.57. The molecule has 0 spiro atoms. The van der Waals surface area contributed by atoms with E-state index < -0.39 is 0 Å². The summed E-state index contributed by atoms with van der Waals surface area (Å²) in [6.07, 6.45) is 1.68. The Kier molecular flexibility index (Phi) is 6.32. The van der Waals surface area contributed by atoms with E-state index in [0.717, 1.165) is 0 Å². The number of carbonyl (C=O) groups excluding carboxylic acids is 1. The summed E-state index contributed by atoms with van der Waals surface area (Å²) in [4.78, 5) is 11.0. The van der Waals surface area contributed by atoms with Crippen LogP contribution in [-0.2, 0) is 4.79 Å². The van der Waals surface area contributed by atoms with E-state index in [9.17, 15) is 4.79 Å². The van der Waals surface area contributed by atoms with Gasteiger partial charge in [0, 0.05) is 12.6 Å². The highest BCUT2D eigenvalue weighted by Crippen LogP contribution is 1.76. The molecule has 0 aromatic carbocycles. The van der Waals surface area contributed by atoms with Gasteiger partial charge in [-0.25, -0.2) is 0 Å². The van der Waals surface area contributed by atoms with E-state index in [1.807, 2.05) is 0 Å². The predicted octanol–water partition coefficient (Wildman–Crippen LogP) is -0.741. The molecule has 0 aliphatic rings. The fourth-order valence-electron chi connectivity index (χ4n) is 0.659. The average molecular weight is 172 g/mol. The summed E-state index contributed by atoms with van der Waals surface area (Å²) in [5.41, 5.74) is 0. The zero-order valence-electron chi connectivity index (χ0n) is 7.34. The van der Waals surface area contributed by atoms with Crippen LogP contribution >= 0.6 is 0 Å². The molecular weight excluding hydrogens is 156 g/mol. The fraction of sp³-hybridized carbons (Fsp3) is 0.625. The second-order valence-corrected chi connectivity index (χ2v) is 2.57. The minimum atomic E-state index is -0.178. The molecule has 70 valence electrons. The maximum absolute atomic E-state index is 11.0. The quantitative estimate of drug-likeness (QED) is 0.365. The van der Waals surface area contributed by atoms with Crippen LogP contribution in [0, 0.1) is 0 Å². The molecule has 0 aromatic heterocycles. The van der Waals surface area contributed by atoms with Crippen molar-refractivity contribution in [3.8, 4) is 0 Å². The average Bonchev–Trinajstić information content (AvgIpc) is 2.05. The zero-order chi connectivity index (χ0) is 9.40. The van der Waals surface area contributed by atoms with Crippen molar-refractivity contribution in [2.24, 2.45) is 0 Å². The molecule has 3 N–H and O–H groups in total. The first-order valence-electron chi connectivity index (χ1n) is 3.92. The molecule has 4 heteroatoms. The number of nitrogens with one attached hydrogen (secondary N) is 2. The Morgan fingerprint density at radius 1 is 1.75 bits per heavy atom. The van der Waals surface area contributed by atoms with Crippen LogP contribution in [0.1, 0.15) is 6.92 Å². The second kappa shape index (κ2) is 6.82. The monoisotopic (exact) mass is 172 g/mol. The highest BCUT2D eigenvalue weighted by molar-refractivity contribution is 5.78. The van der Waals surface area contributed by atoms with E-state index in [0.29, 0.717) is 6.54 Å². The van der Waals surface area contributed by atoms with Crippen LogP contribution in [0.4, 0.5) is 0 Å². The normalized spacial score (nSPS) is 12.2. The number of hydrogen-bond acceptors (Lipinski definition) is 3. The van der Waals surface area contributed by atoms with Gasteiger partial charge in [-0.3, -0.25) is 4.79 Å². The zero-order valence-corrected chi connectivity index (χ0v) is 7.34. The molecule has 12 heavy (non-hydrogen) atoms. The first-order valence-corrected chi connectivity index (χ1v) is 3.92. The largest absolute Gasteiger partial charge is 0.394 e. The van der Waals surface area contributed by atoms with Gasteiger partial charge in [-0.15, -0.1) is 6.58 Å². The molecule has 0 radical (unpaired) electrons. The van der Waals surface area contributed by atoms with Crippen LogP contribution in [0.5, 0.6) is 0 Å². The Labute approximate surface area is 72.7 Å². The summed E-state index contributed by atoms with van der Waals surface area (Å²) >= 11 is 0. The maximum atomic E-state index is 11.0. The Morgan fingerprint density at radius 2 is 2.42 bits per heavy atom. The summed E-state index contributed by atoms with van der Waals surface area (Å²) in [7, 11) is 0. The Balaban J connectivity index is 3.39. The predicted molar refractivity (Wildman–Crippen MR) is 47.8 cm³/mol. The van der Waals surface area contributed by atoms with Crippen LogP contribution in [0.15, 0.2) is 12.7 Å². The van der Waals surface area contributed by atoms with Crippen molar-refractivity contribution in [3.05, 3.63) is 12.7 Å². The molecule has 0 aromatic rings. The van der Waals surface area contributed by atoms with Gasteiger partial charge < -0.3 is 15.7 Å². The first kappa shape index (κ1) is 11.1. The Morgan fingerprint density at radius 3 is 2.92 bits per heavy atom. The molecule has 0 fully saturated rings. The smallest absolute Gasteiger partial charge is 0.234 e. The van der Waals surface area contributed by atoms with Gasteiger partial charge >= 0.3 is 0 Å². The number of aliphatic hydroxyl groups is 1. The molecule has 0 bridgehead atoms. The van der Waals surface area contributed by atoms with E-state index in [-0.39, 0.29) is 25.1 Å². The van der Waals surface area contributed by atoms with E-state index >= 15 is 0 Å². The van der Waals surface area contributed by atoms with Crippen molar-refractivity contribution in [1.29, 1.82) is 0 Å². The summed E-state index contributed by atoms with van der Waals surface area (Å²) in [5.74, 6) is -0.113. The van der Waals surface area contributed by atoms with E-state index in [2.05, 4.69) is 17.2 Å². The van der Waals surface area contributed by atoms with Gasteiger partial charge in [0.05, 0.1) is 13.2 Å². The van der Waals surface area contributed by atoms with Crippen molar-refractivity contribution in [3.63, 3.8) is 0 Å². The Bertz CT molecular complexity index is 148. The van der Waals surface area contributed by atoms with Gasteiger partial charge in [-0.2, -0.15) is 0 Å². The minimum absolute atomic E-state index is 0.0345. The molecule has 4 nitrogen and oxygen atoms in total. The lowest BCUT2D eigenvalue weighted by molar-refractivity contribution is -0.121. The van der Waals surface area contributed by atoms with Gasteiger partial charge in [0.2, 0.25) is 5.91 Å². The molecular formula is C8H16N2O2. The topological polar surface area (TPSA) is 61.4 Å². The van der Waals surface area contributed by atoms with Gasteiger partial charge in [-0.1, -0.05) is 6.08 Å². The minimum Gasteiger partial charge on any atom is -0.394 e. The number of rotatable bonds is 6. The highest BCUT2D eigenvalue weighted by Gasteiger charge is 2.03. The highest BCUT2D eigenvalue weighted by atomic mass is 16.3. The van der Waals surface area contributed by atoms with Gasteiger partial charge in [0.1, 0.15) is 0 Å². The van der Waals surface area contributed by atoms with Crippen molar-refractivity contribution in [2.75, 3.05) is 19.7 Å². The third kappa shape index (κ3) is 5.88. The molecule has 0 saturated carbocycles. The van der Waals surface area contributed by atoms with Crippen molar-refractivity contribution < 1.29 is 9.90 Å². The van der Waals surface area contributed by atoms with Gasteiger partial charge in [-0.05, 0) is 6.92 Å². The lowest BCUT2D eigenvalue weighted by Gasteiger charge is -2.10. The van der Waals surface area contributed by atoms with E-state index in [1.54, 1.807) is 13.0 Å². The molecule has 0 rings (SSSR count). The summed E-state index contributed by atoms with van der Waals surface area (Å²) < 4.78 is 0. The number of carbonyl (C=O) groups is 1. The molecule has 0 aliphatic heterocycles. The molecule has 1 amide bonds. The van der Waals surface area contributed by atoms with Gasteiger partial charge in [0.25, 0.3) is 0 Å². The van der Waals surface area contributed by atoms with Crippen molar-refractivity contribution >= 4 is 5.91 Å². The summed E-state index contributed by atoms with van der Waals surface area (Å²) in [5, 5.41) is 14.1. The number of amides is 1. The molecule has 0 aliphatic carbocycles. The van der Waals surface area contributed by atoms with Crippen LogP contribution in [0.2, 0.25) is 0 Å². The van der Waals surface area contributed by atoms with Crippen LogP contribution in [0.3, 0.4) is 0 Å². The number of aliphatic hydroxyl groups excluding tert-OH is 1. The molecule has 0 heterocycles. The standard InChI is InChI=1S/C8H16N2O2/c1-3-4-9-5-8(12)10-7(2)6-11/h3,7,9,11H,1,4-6H2,2H3,(H,10,12)/t7-/m1/s1. The number of hydrogen-bond donors (Lipinski definition) is 3. The lowest BCUT2D eigenvalue weighted by Crippen LogP contribution is -2.40. The van der Waals surface area contributed by atoms with Gasteiger partial charge in [0.15, 0.2) is 0 Å². The summed E-state index contributed by atoms with van der Waals surface area (Å²) in [6.45, 7) is 6.08. The van der Waals surface area contributed by atoms with Crippen LogP contribution in [0.25, 0.3) is 0 Å². The SMILES string of the molecule is C=CCNCC(=O)N[C@H](C)CO. The third-order valence-corrected chi connectivity index (χ3v) is 1.26. The molecule has 1 atom stereocenters. The first-order chi connectivity index (χ1) is 5.70.